The number of guanidine groups is 1. The van der Waals surface area contributed by atoms with Crippen molar-refractivity contribution >= 4 is 37.8 Å². The maximum Gasteiger partial charge on any atom is 0.189 e. The molecule has 0 aliphatic carbocycles. The molecule has 1 aliphatic rings. The van der Waals surface area contributed by atoms with E-state index in [1.165, 1.54) is 0 Å². The lowest BCUT2D eigenvalue weighted by Crippen LogP contribution is -2.30. The fraction of sp³-hybridized carbons (Fsp3) is 0.250. The zero-order valence-corrected chi connectivity index (χ0v) is 10.3. The van der Waals surface area contributed by atoms with Gasteiger partial charge in [0, 0.05) is 15.1 Å². The Morgan fingerprint density at radius 3 is 2.86 bits per heavy atom. The normalized spacial score (nSPS) is 20.4. The van der Waals surface area contributed by atoms with Gasteiger partial charge < -0.3 is 11.1 Å². The van der Waals surface area contributed by atoms with Crippen LogP contribution in [0.2, 0.25) is 0 Å². The summed E-state index contributed by atoms with van der Waals surface area (Å²) in [6, 6.07) is 2.04. The van der Waals surface area contributed by atoms with Gasteiger partial charge in [0.05, 0.1) is 18.3 Å². The highest BCUT2D eigenvalue weighted by molar-refractivity contribution is 9.11. The van der Waals surface area contributed by atoms with Gasteiger partial charge >= 0.3 is 0 Å². The number of nitrogens with one attached hydrogen (secondary N) is 1. The van der Waals surface area contributed by atoms with E-state index in [0.717, 1.165) is 14.6 Å². The van der Waals surface area contributed by atoms with Crippen LogP contribution in [0.4, 0.5) is 0 Å². The lowest BCUT2D eigenvalue weighted by molar-refractivity contribution is 0.679. The van der Waals surface area contributed by atoms with Crippen molar-refractivity contribution in [1.29, 1.82) is 0 Å². The molecule has 0 bridgehead atoms. The Morgan fingerprint density at radius 2 is 2.29 bits per heavy atom. The highest BCUT2D eigenvalue weighted by Crippen LogP contribution is 2.25. The third kappa shape index (κ3) is 1.90. The molecule has 0 aromatic carbocycles. The van der Waals surface area contributed by atoms with Crippen LogP contribution in [0.15, 0.2) is 26.2 Å². The summed E-state index contributed by atoms with van der Waals surface area (Å²) in [5.74, 6) is 0.478. The molecule has 0 amide bonds. The summed E-state index contributed by atoms with van der Waals surface area (Å²) in [6.07, 6.45) is 1.76. The van der Waals surface area contributed by atoms with Crippen molar-refractivity contribution in [3.63, 3.8) is 0 Å². The molecule has 0 radical (unpaired) electrons. The fourth-order valence-electron chi connectivity index (χ4n) is 1.30. The summed E-state index contributed by atoms with van der Waals surface area (Å²) in [4.78, 5) is 8.38. The van der Waals surface area contributed by atoms with E-state index in [4.69, 9.17) is 5.73 Å². The molecule has 14 heavy (non-hydrogen) atoms. The molecule has 2 rings (SSSR count). The SMILES string of the molecule is NC1=NCC(c2ncc(Br)cc2Br)N1. The Bertz CT molecular complexity index is 391. The van der Waals surface area contributed by atoms with Gasteiger partial charge in [-0.25, -0.2) is 0 Å². The molecule has 1 atom stereocenters. The number of aliphatic imine (C=N–C) groups is 1. The molecule has 0 saturated carbocycles. The van der Waals surface area contributed by atoms with E-state index in [9.17, 15) is 0 Å². The zero-order chi connectivity index (χ0) is 10.1. The third-order valence-electron chi connectivity index (χ3n) is 1.93. The van der Waals surface area contributed by atoms with Crippen LogP contribution in [-0.4, -0.2) is 17.5 Å². The van der Waals surface area contributed by atoms with Gasteiger partial charge in [-0.3, -0.25) is 9.98 Å². The third-order valence-corrected chi connectivity index (χ3v) is 3.00. The van der Waals surface area contributed by atoms with Crippen LogP contribution in [0.1, 0.15) is 11.7 Å². The Balaban J connectivity index is 2.25. The van der Waals surface area contributed by atoms with Gasteiger partial charge in [0.25, 0.3) is 0 Å². The molecule has 0 fully saturated rings. The first-order chi connectivity index (χ1) is 6.66. The van der Waals surface area contributed by atoms with E-state index in [0.29, 0.717) is 12.5 Å². The topological polar surface area (TPSA) is 63.3 Å². The number of aromatic nitrogens is 1. The second-order valence-corrected chi connectivity index (χ2v) is 4.71. The summed E-state index contributed by atoms with van der Waals surface area (Å²) in [5.41, 5.74) is 6.46. The average molecular weight is 320 g/mol. The molecule has 0 spiro atoms. The van der Waals surface area contributed by atoms with E-state index in [-0.39, 0.29) is 6.04 Å². The monoisotopic (exact) mass is 318 g/mol. The van der Waals surface area contributed by atoms with Crippen molar-refractivity contribution in [2.75, 3.05) is 6.54 Å². The van der Waals surface area contributed by atoms with Gasteiger partial charge in [0.1, 0.15) is 0 Å². The Labute approximate surface area is 98.3 Å². The van der Waals surface area contributed by atoms with E-state index in [1.54, 1.807) is 6.20 Å². The number of hydrogen-bond donors (Lipinski definition) is 2. The van der Waals surface area contributed by atoms with Crippen molar-refractivity contribution < 1.29 is 0 Å². The van der Waals surface area contributed by atoms with Crippen LogP contribution >= 0.6 is 31.9 Å². The van der Waals surface area contributed by atoms with E-state index >= 15 is 0 Å². The minimum absolute atomic E-state index is 0.0810. The van der Waals surface area contributed by atoms with E-state index in [2.05, 4.69) is 47.2 Å². The van der Waals surface area contributed by atoms with E-state index < -0.39 is 0 Å². The van der Waals surface area contributed by atoms with Crippen molar-refractivity contribution in [2.45, 2.75) is 6.04 Å². The fourth-order valence-corrected chi connectivity index (χ4v) is 2.56. The summed E-state index contributed by atoms with van der Waals surface area (Å²) >= 11 is 6.80. The smallest absolute Gasteiger partial charge is 0.189 e. The molecule has 3 N–H and O–H groups in total. The standard InChI is InChI=1S/C8H8Br2N4/c9-4-1-5(10)7(12-2-4)6-3-13-8(11)14-6/h1-2,6H,3H2,(H3,11,13,14). The van der Waals surface area contributed by atoms with Crippen molar-refractivity contribution in [3.8, 4) is 0 Å². The van der Waals surface area contributed by atoms with Gasteiger partial charge in [-0.15, -0.1) is 0 Å². The molecule has 4 nitrogen and oxygen atoms in total. The predicted octanol–water partition coefficient (Wildman–Crippen LogP) is 1.57. The Morgan fingerprint density at radius 1 is 1.50 bits per heavy atom. The highest BCUT2D eigenvalue weighted by atomic mass is 79.9. The maximum absolute atomic E-state index is 5.53. The largest absolute Gasteiger partial charge is 0.370 e. The minimum atomic E-state index is 0.0810. The molecule has 74 valence electrons. The van der Waals surface area contributed by atoms with E-state index in [1.807, 2.05) is 6.07 Å². The molecular weight excluding hydrogens is 312 g/mol. The van der Waals surface area contributed by atoms with Gasteiger partial charge in [0.15, 0.2) is 5.96 Å². The summed E-state index contributed by atoms with van der Waals surface area (Å²) in [6.45, 7) is 0.638. The van der Waals surface area contributed by atoms with Crippen LogP contribution in [0, 0.1) is 0 Å². The predicted molar refractivity (Wildman–Crippen MR) is 62.0 cm³/mol. The molecule has 1 aliphatic heterocycles. The average Bonchev–Trinajstić information content (AvgIpc) is 2.51. The van der Waals surface area contributed by atoms with Crippen LogP contribution in [0.5, 0.6) is 0 Å². The van der Waals surface area contributed by atoms with Crippen LogP contribution in [0.3, 0.4) is 0 Å². The molecule has 6 heteroatoms. The Hall–Kier alpha value is -0.620. The summed E-state index contributed by atoms with van der Waals surface area (Å²) < 4.78 is 1.90. The number of nitrogens with two attached hydrogens (primary N) is 1. The molecule has 1 aromatic heterocycles. The van der Waals surface area contributed by atoms with Crippen LogP contribution < -0.4 is 11.1 Å². The minimum Gasteiger partial charge on any atom is -0.370 e. The lowest BCUT2D eigenvalue weighted by Gasteiger charge is -2.11. The highest BCUT2D eigenvalue weighted by Gasteiger charge is 2.20. The molecular formula is C8H8Br2N4. The van der Waals surface area contributed by atoms with Gasteiger partial charge in [-0.05, 0) is 37.9 Å². The number of nitrogens with zero attached hydrogens (tertiary/aromatic N) is 2. The number of pyridine rings is 1. The first-order valence-electron chi connectivity index (χ1n) is 4.04. The van der Waals surface area contributed by atoms with Crippen molar-refractivity contribution in [1.82, 2.24) is 10.3 Å². The van der Waals surface area contributed by atoms with Gasteiger partial charge in [-0.2, -0.15) is 0 Å². The van der Waals surface area contributed by atoms with Gasteiger partial charge in [-0.1, -0.05) is 0 Å². The summed E-state index contributed by atoms with van der Waals surface area (Å²) in [7, 11) is 0. The zero-order valence-electron chi connectivity index (χ0n) is 7.17. The lowest BCUT2D eigenvalue weighted by atomic mass is 10.2. The van der Waals surface area contributed by atoms with Crippen molar-refractivity contribution in [3.05, 3.63) is 26.9 Å². The van der Waals surface area contributed by atoms with Crippen LogP contribution in [0.25, 0.3) is 0 Å². The molecule has 2 heterocycles. The maximum atomic E-state index is 5.53. The molecule has 1 unspecified atom stereocenters. The first kappa shape index (κ1) is 9.92. The molecule has 1 aromatic rings. The van der Waals surface area contributed by atoms with Crippen molar-refractivity contribution in [2.24, 2.45) is 10.7 Å². The number of halogens is 2. The second-order valence-electron chi connectivity index (χ2n) is 2.94. The molecule has 0 saturated heterocycles. The number of rotatable bonds is 1. The van der Waals surface area contributed by atoms with Crippen LogP contribution in [-0.2, 0) is 0 Å². The second kappa shape index (κ2) is 3.86. The first-order valence-corrected chi connectivity index (χ1v) is 5.63. The van der Waals surface area contributed by atoms with Gasteiger partial charge in [0.2, 0.25) is 0 Å². The Kier molecular flexibility index (Phi) is 2.73. The quantitative estimate of drug-likeness (QED) is 0.826. The number of hydrogen-bond acceptors (Lipinski definition) is 4. The summed E-state index contributed by atoms with van der Waals surface area (Å²) in [5, 5.41) is 3.05.